The van der Waals surface area contributed by atoms with E-state index in [2.05, 4.69) is 15.3 Å². The summed E-state index contributed by atoms with van der Waals surface area (Å²) in [5.41, 5.74) is 15.6. The van der Waals surface area contributed by atoms with Gasteiger partial charge >= 0.3 is 0 Å². The van der Waals surface area contributed by atoms with Crippen molar-refractivity contribution in [1.82, 2.24) is 9.97 Å². The number of nitrogens with two attached hydrogens (primary N) is 3. The van der Waals surface area contributed by atoms with E-state index in [-0.39, 0.29) is 5.84 Å². The van der Waals surface area contributed by atoms with Gasteiger partial charge in [-0.05, 0) is 23.3 Å². The second-order valence-corrected chi connectivity index (χ2v) is 5.39. The highest BCUT2D eigenvalue weighted by molar-refractivity contribution is 5.99. The average molecular weight is 319 g/mol. The molecule has 1 aromatic heterocycles. The van der Waals surface area contributed by atoms with E-state index < -0.39 is 0 Å². The molecule has 3 aromatic rings. The third kappa shape index (κ3) is 3.49. The normalized spacial score (nSPS) is 10.3. The van der Waals surface area contributed by atoms with Crippen LogP contribution in [0.5, 0.6) is 0 Å². The summed E-state index contributed by atoms with van der Waals surface area (Å²) in [5, 5.41) is 8.85. The summed E-state index contributed by atoms with van der Waals surface area (Å²) in [6, 6.07) is 15.6. The molecule has 0 aliphatic carbocycles. The number of nitrogen functional groups attached to an aromatic ring is 1. The summed E-state index contributed by atoms with van der Waals surface area (Å²) >= 11 is 0. The van der Waals surface area contributed by atoms with Crippen LogP contribution in [0.1, 0.15) is 11.1 Å². The van der Waals surface area contributed by atoms with Crippen LogP contribution in [-0.2, 0) is 6.54 Å². The molecule has 24 heavy (non-hydrogen) atoms. The first kappa shape index (κ1) is 15.5. The van der Waals surface area contributed by atoms with Gasteiger partial charge in [0.1, 0.15) is 0 Å². The van der Waals surface area contributed by atoms with Crippen LogP contribution in [0.2, 0.25) is 0 Å². The molecule has 0 amide bonds. The van der Waals surface area contributed by atoms with E-state index in [1.54, 1.807) is 18.5 Å². The Labute approximate surface area is 140 Å². The van der Waals surface area contributed by atoms with Crippen molar-refractivity contribution in [3.05, 3.63) is 72.1 Å². The van der Waals surface area contributed by atoms with E-state index in [0.29, 0.717) is 23.7 Å². The Morgan fingerprint density at radius 2 is 1.71 bits per heavy atom. The van der Waals surface area contributed by atoms with Gasteiger partial charge in [0.05, 0.1) is 5.56 Å². The van der Waals surface area contributed by atoms with Crippen LogP contribution in [0.15, 0.2) is 60.9 Å². The predicted molar refractivity (Wildman–Crippen MR) is 95.9 cm³/mol. The lowest BCUT2D eigenvalue weighted by molar-refractivity contribution is -0.114. The zero-order valence-corrected chi connectivity index (χ0v) is 13.1. The van der Waals surface area contributed by atoms with Crippen LogP contribution < -0.4 is 22.2 Å². The molecule has 6 heteroatoms. The minimum atomic E-state index is 0.191. The van der Waals surface area contributed by atoms with E-state index in [1.165, 1.54) is 5.56 Å². The number of nitrogens with zero attached hydrogens (tertiary/aromatic N) is 2. The molecule has 120 valence electrons. The fourth-order valence-electron chi connectivity index (χ4n) is 2.33. The SMILES string of the molecule is NC(=[NH2+])c1cc(-c2cnc(NCc3ccccc3)nc2)ccc1N. The summed E-state index contributed by atoms with van der Waals surface area (Å²) in [6.45, 7) is 0.672. The maximum Gasteiger partial charge on any atom is 0.272 e. The first-order valence-electron chi connectivity index (χ1n) is 7.51. The number of hydrogen-bond acceptors (Lipinski definition) is 4. The molecule has 0 saturated carbocycles. The number of hydrogen-bond donors (Lipinski definition) is 4. The van der Waals surface area contributed by atoms with E-state index in [9.17, 15) is 0 Å². The van der Waals surface area contributed by atoms with Crippen LogP contribution >= 0.6 is 0 Å². The van der Waals surface area contributed by atoms with Gasteiger partial charge in [0.2, 0.25) is 5.95 Å². The molecule has 0 spiro atoms. The molecule has 6 nitrogen and oxygen atoms in total. The number of anilines is 2. The van der Waals surface area contributed by atoms with Crippen molar-refractivity contribution < 1.29 is 5.41 Å². The summed E-state index contributed by atoms with van der Waals surface area (Å²) in [6.07, 6.45) is 3.50. The zero-order valence-electron chi connectivity index (χ0n) is 13.1. The molecule has 2 aromatic carbocycles. The van der Waals surface area contributed by atoms with Crippen LogP contribution in [0.4, 0.5) is 11.6 Å². The van der Waals surface area contributed by atoms with Gasteiger partial charge in [-0.1, -0.05) is 36.4 Å². The lowest BCUT2D eigenvalue weighted by atomic mass is 10.0. The third-order valence-electron chi connectivity index (χ3n) is 3.64. The molecule has 0 aliphatic heterocycles. The zero-order chi connectivity index (χ0) is 16.9. The van der Waals surface area contributed by atoms with Gasteiger partial charge in [0.15, 0.2) is 0 Å². The van der Waals surface area contributed by atoms with Gasteiger partial charge in [-0.15, -0.1) is 0 Å². The fraction of sp³-hybridized carbons (Fsp3) is 0.0556. The summed E-state index contributed by atoms with van der Waals surface area (Å²) < 4.78 is 0. The lowest BCUT2D eigenvalue weighted by Gasteiger charge is -2.07. The fourth-order valence-corrected chi connectivity index (χ4v) is 2.33. The number of aromatic nitrogens is 2. The van der Waals surface area contributed by atoms with Crippen molar-refractivity contribution in [3.8, 4) is 11.1 Å². The molecule has 3 rings (SSSR count). The van der Waals surface area contributed by atoms with Crippen LogP contribution in [0, 0.1) is 0 Å². The van der Waals surface area contributed by atoms with Crippen molar-refractivity contribution >= 4 is 17.5 Å². The Morgan fingerprint density at radius 3 is 2.38 bits per heavy atom. The second kappa shape index (κ2) is 6.78. The average Bonchev–Trinajstić information content (AvgIpc) is 2.61. The first-order valence-corrected chi connectivity index (χ1v) is 7.51. The Kier molecular flexibility index (Phi) is 4.38. The first-order chi connectivity index (χ1) is 11.6. The monoisotopic (exact) mass is 319 g/mol. The molecule has 0 unspecified atom stereocenters. The van der Waals surface area contributed by atoms with E-state index in [4.69, 9.17) is 16.9 Å². The molecular weight excluding hydrogens is 300 g/mol. The molecular formula is C18H19N6+. The molecule has 0 fully saturated rings. The minimum absolute atomic E-state index is 0.191. The molecule has 0 radical (unpaired) electrons. The minimum Gasteiger partial charge on any atom is -0.398 e. The van der Waals surface area contributed by atoms with E-state index >= 15 is 0 Å². The van der Waals surface area contributed by atoms with Gasteiger partial charge in [-0.25, -0.2) is 9.97 Å². The molecule has 1 heterocycles. The highest BCUT2D eigenvalue weighted by atomic mass is 15.1. The van der Waals surface area contributed by atoms with Gasteiger partial charge in [0.25, 0.3) is 5.84 Å². The lowest BCUT2D eigenvalue weighted by Crippen LogP contribution is -2.46. The van der Waals surface area contributed by atoms with Gasteiger partial charge < -0.3 is 11.1 Å². The number of nitrogens with one attached hydrogen (secondary N) is 1. The third-order valence-corrected chi connectivity index (χ3v) is 3.64. The van der Waals surface area contributed by atoms with Crippen LogP contribution in [-0.4, -0.2) is 15.8 Å². The predicted octanol–water partition coefficient (Wildman–Crippen LogP) is 0.802. The van der Waals surface area contributed by atoms with Crippen molar-refractivity contribution in [2.75, 3.05) is 11.1 Å². The standard InChI is InChI=1S/C18H18N6/c19-16-7-6-13(8-15(16)17(20)21)14-10-23-18(24-11-14)22-9-12-4-2-1-3-5-12/h1-8,10-11H,9,19H2,(H3,20,21)(H,22,23,24)/p+1. The second-order valence-electron chi connectivity index (χ2n) is 5.39. The maximum atomic E-state index is 5.87. The largest absolute Gasteiger partial charge is 0.398 e. The van der Waals surface area contributed by atoms with Crippen molar-refractivity contribution in [2.24, 2.45) is 5.73 Å². The van der Waals surface area contributed by atoms with Crippen LogP contribution in [0.25, 0.3) is 11.1 Å². The Bertz CT molecular complexity index is 843. The smallest absolute Gasteiger partial charge is 0.272 e. The quantitative estimate of drug-likeness (QED) is 0.315. The van der Waals surface area contributed by atoms with Crippen molar-refractivity contribution in [1.29, 1.82) is 0 Å². The maximum absolute atomic E-state index is 5.87. The van der Waals surface area contributed by atoms with Crippen molar-refractivity contribution in [2.45, 2.75) is 6.54 Å². The van der Waals surface area contributed by atoms with Gasteiger partial charge in [-0.3, -0.25) is 11.1 Å². The molecule has 7 N–H and O–H groups in total. The molecule has 0 atom stereocenters. The molecule has 0 aliphatic rings. The number of rotatable bonds is 5. The van der Waals surface area contributed by atoms with E-state index in [0.717, 1.165) is 11.1 Å². The van der Waals surface area contributed by atoms with Crippen LogP contribution in [0.3, 0.4) is 0 Å². The molecule has 0 saturated heterocycles. The number of benzene rings is 2. The Hall–Kier alpha value is -3.41. The Morgan fingerprint density at radius 1 is 1.00 bits per heavy atom. The Balaban J connectivity index is 1.75. The van der Waals surface area contributed by atoms with Gasteiger partial charge in [-0.2, -0.15) is 0 Å². The molecule has 0 bridgehead atoms. The summed E-state index contributed by atoms with van der Waals surface area (Å²) in [7, 11) is 0. The van der Waals surface area contributed by atoms with Crippen molar-refractivity contribution in [3.63, 3.8) is 0 Å². The van der Waals surface area contributed by atoms with E-state index in [1.807, 2.05) is 42.5 Å². The highest BCUT2D eigenvalue weighted by Crippen LogP contribution is 2.22. The summed E-state index contributed by atoms with van der Waals surface area (Å²) in [4.78, 5) is 8.69. The summed E-state index contributed by atoms with van der Waals surface area (Å²) in [5.74, 6) is 0.764. The topological polar surface area (TPSA) is 115 Å². The number of amidine groups is 1. The van der Waals surface area contributed by atoms with Gasteiger partial charge in [0, 0.05) is 30.2 Å². The highest BCUT2D eigenvalue weighted by Gasteiger charge is 2.09.